The summed E-state index contributed by atoms with van der Waals surface area (Å²) in [5, 5.41) is 3.63. The summed E-state index contributed by atoms with van der Waals surface area (Å²) in [4.78, 5) is 0. The van der Waals surface area contributed by atoms with E-state index in [4.69, 9.17) is 0 Å². The summed E-state index contributed by atoms with van der Waals surface area (Å²) in [7, 11) is 2.14. The maximum atomic E-state index is 3.63. The van der Waals surface area contributed by atoms with Crippen LogP contribution in [0.15, 0.2) is 48.5 Å². The van der Waals surface area contributed by atoms with Crippen LogP contribution < -0.4 is 10.8 Å². The van der Waals surface area contributed by atoms with Crippen molar-refractivity contribution in [3.63, 3.8) is 0 Å². The van der Waals surface area contributed by atoms with Gasteiger partial charge in [0.2, 0.25) is 0 Å². The van der Waals surface area contributed by atoms with Crippen LogP contribution in [0.1, 0.15) is 30.0 Å². The lowest BCUT2D eigenvalue weighted by atomic mass is 9.73. The van der Waals surface area contributed by atoms with Crippen molar-refractivity contribution in [1.29, 1.82) is 0 Å². The van der Waals surface area contributed by atoms with Crippen LogP contribution in [-0.4, -0.2) is 19.9 Å². The van der Waals surface area contributed by atoms with Crippen molar-refractivity contribution < 1.29 is 0 Å². The number of rotatable bonds is 8. The fraction of sp³-hybridized carbons (Fsp3) is 0.400. The first kappa shape index (κ1) is 16.8. The lowest BCUT2D eigenvalue weighted by molar-refractivity contribution is 0.534. The molecule has 2 heteroatoms. The minimum atomic E-state index is 0.523. The summed E-state index contributed by atoms with van der Waals surface area (Å²) < 4.78 is 0. The Balaban J connectivity index is 1.66. The monoisotopic (exact) mass is 292 g/mol. The molecule has 0 aliphatic carbocycles. The summed E-state index contributed by atoms with van der Waals surface area (Å²) in [5.41, 5.74) is 5.47. The van der Waals surface area contributed by atoms with Gasteiger partial charge in [0.05, 0.1) is 0 Å². The highest BCUT2D eigenvalue weighted by Gasteiger charge is 2.03. The van der Waals surface area contributed by atoms with E-state index in [1.54, 1.807) is 0 Å². The molecule has 2 rings (SSSR count). The number of hydrogen-bond acceptors (Lipinski definition) is 1. The molecule has 1 radical (unpaired) electrons. The molecule has 0 saturated heterocycles. The molecule has 0 aliphatic heterocycles. The molecular weight excluding hydrogens is 265 g/mol. The van der Waals surface area contributed by atoms with E-state index in [-0.39, 0.29) is 0 Å². The number of aryl methyl sites for hydroxylation is 2. The highest BCUT2D eigenvalue weighted by Crippen LogP contribution is 2.06. The highest BCUT2D eigenvalue weighted by molar-refractivity contribution is 6.51. The predicted octanol–water partition coefficient (Wildman–Crippen LogP) is 3.53. The fourth-order valence-electron chi connectivity index (χ4n) is 2.67. The smallest absolute Gasteiger partial charge is 0.148 e. The topological polar surface area (TPSA) is 12.0 Å². The van der Waals surface area contributed by atoms with Gasteiger partial charge in [-0.15, -0.1) is 0 Å². The Morgan fingerprint density at radius 1 is 0.955 bits per heavy atom. The molecule has 115 valence electrons. The second-order valence-electron chi connectivity index (χ2n) is 6.18. The van der Waals surface area contributed by atoms with Crippen LogP contribution in [0.2, 0.25) is 6.82 Å². The molecule has 0 fully saturated rings. The van der Waals surface area contributed by atoms with Crippen LogP contribution in [0.25, 0.3) is 0 Å². The summed E-state index contributed by atoms with van der Waals surface area (Å²) >= 11 is 0. The lowest BCUT2D eigenvalue weighted by Crippen LogP contribution is -2.29. The minimum absolute atomic E-state index is 0.523. The molecular formula is C20H27BN. The van der Waals surface area contributed by atoms with Crippen LogP contribution in [-0.2, 0) is 12.8 Å². The van der Waals surface area contributed by atoms with Crippen LogP contribution in [0.3, 0.4) is 0 Å². The molecule has 0 aliphatic rings. The van der Waals surface area contributed by atoms with Gasteiger partial charge in [-0.25, -0.2) is 0 Å². The zero-order chi connectivity index (χ0) is 15.8. The summed E-state index contributed by atoms with van der Waals surface area (Å²) in [6.45, 7) is 7.56. The molecule has 2 aromatic rings. The Morgan fingerprint density at radius 3 is 2.23 bits per heavy atom. The molecule has 1 nitrogen and oxygen atoms in total. The SMILES string of the molecule is C[B]c1ccc(CC(C)NCCCc2ccc(C)cc2)cc1. The first-order chi connectivity index (χ1) is 10.7. The summed E-state index contributed by atoms with van der Waals surface area (Å²) in [5.74, 6) is 0. The Hall–Kier alpha value is -1.54. The Labute approximate surface area is 136 Å². The van der Waals surface area contributed by atoms with E-state index in [0.717, 1.165) is 19.4 Å². The largest absolute Gasteiger partial charge is 0.314 e. The number of hydrogen-bond donors (Lipinski definition) is 1. The first-order valence-electron chi connectivity index (χ1n) is 8.34. The van der Waals surface area contributed by atoms with Gasteiger partial charge in [-0.3, -0.25) is 0 Å². The minimum Gasteiger partial charge on any atom is -0.314 e. The van der Waals surface area contributed by atoms with Crippen molar-refractivity contribution in [2.24, 2.45) is 0 Å². The van der Waals surface area contributed by atoms with E-state index in [9.17, 15) is 0 Å². The molecule has 0 saturated carbocycles. The maximum Gasteiger partial charge on any atom is 0.148 e. The van der Waals surface area contributed by atoms with Gasteiger partial charge < -0.3 is 5.32 Å². The van der Waals surface area contributed by atoms with E-state index in [0.29, 0.717) is 6.04 Å². The third-order valence-electron chi connectivity index (χ3n) is 4.11. The van der Waals surface area contributed by atoms with Gasteiger partial charge in [0.25, 0.3) is 0 Å². The molecule has 0 bridgehead atoms. The van der Waals surface area contributed by atoms with E-state index in [2.05, 4.69) is 81.8 Å². The van der Waals surface area contributed by atoms with Crippen molar-refractivity contribution in [2.75, 3.05) is 6.54 Å². The molecule has 22 heavy (non-hydrogen) atoms. The molecule has 1 N–H and O–H groups in total. The number of benzene rings is 2. The van der Waals surface area contributed by atoms with Gasteiger partial charge in [0, 0.05) is 6.04 Å². The van der Waals surface area contributed by atoms with Gasteiger partial charge in [-0.05, 0) is 50.8 Å². The first-order valence-corrected chi connectivity index (χ1v) is 8.34. The van der Waals surface area contributed by atoms with Crippen LogP contribution in [0.5, 0.6) is 0 Å². The van der Waals surface area contributed by atoms with Gasteiger partial charge in [0.1, 0.15) is 7.28 Å². The van der Waals surface area contributed by atoms with Gasteiger partial charge in [-0.1, -0.05) is 66.4 Å². The maximum absolute atomic E-state index is 3.63. The van der Waals surface area contributed by atoms with E-state index in [1.165, 1.54) is 28.6 Å². The third kappa shape index (κ3) is 5.69. The second kappa shape index (κ2) is 8.80. The fourth-order valence-corrected chi connectivity index (χ4v) is 2.67. The molecule has 0 spiro atoms. The Morgan fingerprint density at radius 2 is 1.59 bits per heavy atom. The Bertz CT molecular complexity index is 545. The van der Waals surface area contributed by atoms with Gasteiger partial charge in [0.15, 0.2) is 0 Å². The van der Waals surface area contributed by atoms with Crippen molar-refractivity contribution >= 4 is 12.7 Å². The summed E-state index contributed by atoms with van der Waals surface area (Å²) in [6.07, 6.45) is 3.44. The van der Waals surface area contributed by atoms with E-state index < -0.39 is 0 Å². The van der Waals surface area contributed by atoms with Crippen molar-refractivity contribution in [1.82, 2.24) is 5.32 Å². The van der Waals surface area contributed by atoms with Crippen molar-refractivity contribution in [3.8, 4) is 0 Å². The van der Waals surface area contributed by atoms with Crippen molar-refractivity contribution in [2.45, 2.75) is 46.0 Å². The van der Waals surface area contributed by atoms with Crippen LogP contribution in [0, 0.1) is 6.92 Å². The summed E-state index contributed by atoms with van der Waals surface area (Å²) in [6, 6.07) is 18.3. The average Bonchev–Trinajstić information content (AvgIpc) is 2.54. The standard InChI is InChI=1S/C20H27BN/c1-16-6-8-18(9-7-16)5-4-14-22-17(2)15-19-10-12-20(21-3)13-11-19/h6-13,17,22H,4-5,14-15H2,1-3H3. The molecule has 0 heterocycles. The van der Waals surface area contributed by atoms with Gasteiger partial charge >= 0.3 is 0 Å². The average molecular weight is 292 g/mol. The van der Waals surface area contributed by atoms with Gasteiger partial charge in [-0.2, -0.15) is 0 Å². The van der Waals surface area contributed by atoms with Crippen LogP contribution >= 0.6 is 0 Å². The molecule has 1 unspecified atom stereocenters. The second-order valence-corrected chi connectivity index (χ2v) is 6.18. The molecule has 0 amide bonds. The lowest BCUT2D eigenvalue weighted by Gasteiger charge is -2.14. The predicted molar refractivity (Wildman–Crippen MR) is 98.4 cm³/mol. The Kier molecular flexibility index (Phi) is 6.73. The van der Waals surface area contributed by atoms with Crippen molar-refractivity contribution in [3.05, 3.63) is 65.2 Å². The highest BCUT2D eigenvalue weighted by atomic mass is 14.9. The zero-order valence-electron chi connectivity index (χ0n) is 14.1. The molecule has 1 atom stereocenters. The van der Waals surface area contributed by atoms with E-state index in [1.807, 2.05) is 0 Å². The normalized spacial score (nSPS) is 12.1. The quantitative estimate of drug-likeness (QED) is 0.580. The van der Waals surface area contributed by atoms with E-state index >= 15 is 0 Å². The molecule has 2 aromatic carbocycles. The molecule has 0 aromatic heterocycles. The zero-order valence-corrected chi connectivity index (χ0v) is 14.1. The third-order valence-corrected chi connectivity index (χ3v) is 4.11. The van der Waals surface area contributed by atoms with Crippen LogP contribution in [0.4, 0.5) is 0 Å². The number of nitrogens with one attached hydrogen (secondary N) is 1.